The van der Waals surface area contributed by atoms with Gasteiger partial charge in [0.25, 0.3) is 0 Å². The summed E-state index contributed by atoms with van der Waals surface area (Å²) in [5, 5.41) is 7.89. The number of rotatable bonds is 4. The Morgan fingerprint density at radius 2 is 2.31 bits per heavy atom. The Labute approximate surface area is 98.2 Å². The summed E-state index contributed by atoms with van der Waals surface area (Å²) >= 11 is 0. The van der Waals surface area contributed by atoms with Gasteiger partial charge in [-0.25, -0.2) is 0 Å². The molecule has 0 aromatic carbocycles. The second-order valence-corrected chi connectivity index (χ2v) is 5.21. The first kappa shape index (κ1) is 11.6. The van der Waals surface area contributed by atoms with Crippen LogP contribution >= 0.6 is 0 Å². The first-order chi connectivity index (χ1) is 7.61. The zero-order chi connectivity index (χ0) is 11.8. The lowest BCUT2D eigenvalue weighted by atomic mass is 9.54. The van der Waals surface area contributed by atoms with Crippen molar-refractivity contribution >= 4 is 0 Å². The second-order valence-electron chi connectivity index (χ2n) is 5.21. The molecular formula is C13H23N3. The van der Waals surface area contributed by atoms with Crippen molar-refractivity contribution in [3.8, 4) is 0 Å². The Balaban J connectivity index is 2.14. The lowest BCUT2D eigenvalue weighted by molar-refractivity contribution is 0.0455. The van der Waals surface area contributed by atoms with Crippen molar-refractivity contribution in [1.29, 1.82) is 0 Å². The largest absolute Gasteiger partial charge is 0.314 e. The summed E-state index contributed by atoms with van der Waals surface area (Å²) in [4.78, 5) is 0. The summed E-state index contributed by atoms with van der Waals surface area (Å²) in [5.74, 6) is 0.676. The zero-order valence-corrected chi connectivity index (χ0v) is 10.8. The number of nitrogens with one attached hydrogen (secondary N) is 1. The summed E-state index contributed by atoms with van der Waals surface area (Å²) in [6.45, 7) is 7.96. The van der Waals surface area contributed by atoms with E-state index in [1.54, 1.807) is 0 Å². The van der Waals surface area contributed by atoms with Gasteiger partial charge in [-0.3, -0.25) is 4.68 Å². The van der Waals surface area contributed by atoms with E-state index in [4.69, 9.17) is 0 Å². The number of nitrogens with zero attached hydrogens (tertiary/aromatic N) is 2. The Morgan fingerprint density at radius 1 is 1.56 bits per heavy atom. The topological polar surface area (TPSA) is 29.9 Å². The molecule has 0 bridgehead atoms. The van der Waals surface area contributed by atoms with E-state index in [2.05, 4.69) is 37.4 Å². The minimum Gasteiger partial charge on any atom is -0.314 e. The molecule has 1 N–H and O–H groups in total. The Hall–Kier alpha value is -0.830. The van der Waals surface area contributed by atoms with E-state index in [1.165, 1.54) is 18.4 Å². The Kier molecular flexibility index (Phi) is 3.06. The minimum atomic E-state index is 0.402. The Bertz CT molecular complexity index is 358. The van der Waals surface area contributed by atoms with Crippen LogP contribution in [0.1, 0.15) is 45.1 Å². The van der Waals surface area contributed by atoms with Gasteiger partial charge in [0.1, 0.15) is 0 Å². The van der Waals surface area contributed by atoms with Crippen LogP contribution in [0.15, 0.2) is 12.4 Å². The van der Waals surface area contributed by atoms with Crippen LogP contribution in [0.25, 0.3) is 0 Å². The van der Waals surface area contributed by atoms with Crippen molar-refractivity contribution in [1.82, 2.24) is 15.1 Å². The van der Waals surface area contributed by atoms with Crippen molar-refractivity contribution in [2.45, 2.75) is 45.6 Å². The molecule has 1 heterocycles. The number of hydrogen-bond acceptors (Lipinski definition) is 2. The molecule has 0 aliphatic heterocycles. The third kappa shape index (κ3) is 1.67. The smallest absolute Gasteiger partial charge is 0.0524 e. The molecule has 0 radical (unpaired) electrons. The van der Waals surface area contributed by atoms with E-state index in [0.717, 1.165) is 6.54 Å². The molecule has 16 heavy (non-hydrogen) atoms. The Morgan fingerprint density at radius 3 is 2.81 bits per heavy atom. The van der Waals surface area contributed by atoms with Crippen molar-refractivity contribution in [2.75, 3.05) is 6.54 Å². The number of aromatic nitrogens is 2. The average Bonchev–Trinajstić information content (AvgIpc) is 2.68. The monoisotopic (exact) mass is 221 g/mol. The highest BCUT2D eigenvalue weighted by Crippen LogP contribution is 2.54. The van der Waals surface area contributed by atoms with Crippen molar-refractivity contribution in [3.63, 3.8) is 0 Å². The molecule has 1 aliphatic carbocycles. The molecule has 1 aliphatic rings. The predicted molar refractivity (Wildman–Crippen MR) is 66.4 cm³/mol. The highest BCUT2D eigenvalue weighted by molar-refractivity contribution is 5.23. The number of hydrogen-bond donors (Lipinski definition) is 1. The molecule has 1 saturated carbocycles. The van der Waals surface area contributed by atoms with Crippen LogP contribution in [0, 0.1) is 5.41 Å². The van der Waals surface area contributed by atoms with Crippen LogP contribution in [-0.4, -0.2) is 22.4 Å². The lowest BCUT2D eigenvalue weighted by Crippen LogP contribution is -2.56. The maximum absolute atomic E-state index is 4.29. The summed E-state index contributed by atoms with van der Waals surface area (Å²) < 4.78 is 1.91. The summed E-state index contributed by atoms with van der Waals surface area (Å²) in [6.07, 6.45) is 6.68. The second kappa shape index (κ2) is 4.21. The molecule has 3 atom stereocenters. The number of aryl methyl sites for hydroxylation is 1. The van der Waals surface area contributed by atoms with Gasteiger partial charge >= 0.3 is 0 Å². The highest BCUT2D eigenvalue weighted by atomic mass is 15.2. The third-order valence-electron chi connectivity index (χ3n) is 4.40. The first-order valence-electron chi connectivity index (χ1n) is 6.33. The molecule has 3 heteroatoms. The molecule has 1 aromatic rings. The van der Waals surface area contributed by atoms with Crippen LogP contribution in [0.2, 0.25) is 0 Å². The van der Waals surface area contributed by atoms with Crippen molar-refractivity contribution in [2.24, 2.45) is 12.5 Å². The van der Waals surface area contributed by atoms with Crippen LogP contribution in [0.5, 0.6) is 0 Å². The molecule has 2 rings (SSSR count). The standard InChI is InChI=1S/C13H23N3/c1-5-13(3)11(7-12(13)14-6-2)10-8-15-16(4)9-10/h8-9,11-12,14H,5-7H2,1-4H3. The van der Waals surface area contributed by atoms with Crippen LogP contribution in [0.4, 0.5) is 0 Å². The van der Waals surface area contributed by atoms with Gasteiger partial charge in [-0.1, -0.05) is 20.8 Å². The van der Waals surface area contributed by atoms with Gasteiger partial charge in [0.15, 0.2) is 0 Å². The van der Waals surface area contributed by atoms with Gasteiger partial charge in [0.05, 0.1) is 6.20 Å². The van der Waals surface area contributed by atoms with E-state index >= 15 is 0 Å². The van der Waals surface area contributed by atoms with E-state index in [1.807, 2.05) is 17.9 Å². The quantitative estimate of drug-likeness (QED) is 0.845. The summed E-state index contributed by atoms with van der Waals surface area (Å²) in [7, 11) is 1.99. The molecule has 0 spiro atoms. The fraction of sp³-hybridized carbons (Fsp3) is 0.769. The molecule has 1 fully saturated rings. The fourth-order valence-corrected chi connectivity index (χ4v) is 3.05. The van der Waals surface area contributed by atoms with Crippen LogP contribution in [-0.2, 0) is 7.05 Å². The van der Waals surface area contributed by atoms with Gasteiger partial charge < -0.3 is 5.32 Å². The molecule has 1 aromatic heterocycles. The SMILES string of the molecule is CCNC1CC(c2cnn(C)c2)C1(C)CC. The highest BCUT2D eigenvalue weighted by Gasteiger charge is 2.50. The normalized spacial score (nSPS) is 33.8. The third-order valence-corrected chi connectivity index (χ3v) is 4.40. The molecular weight excluding hydrogens is 198 g/mol. The molecule has 0 amide bonds. The van der Waals surface area contributed by atoms with E-state index in [-0.39, 0.29) is 0 Å². The molecule has 3 unspecified atom stereocenters. The summed E-state index contributed by atoms with van der Waals surface area (Å²) in [6, 6.07) is 0.674. The fourth-order valence-electron chi connectivity index (χ4n) is 3.05. The van der Waals surface area contributed by atoms with Gasteiger partial charge in [-0.05, 0) is 36.3 Å². The van der Waals surface area contributed by atoms with E-state index in [9.17, 15) is 0 Å². The predicted octanol–water partition coefficient (Wildman–Crippen LogP) is 2.30. The minimum absolute atomic E-state index is 0.402. The lowest BCUT2D eigenvalue weighted by Gasteiger charge is -2.54. The molecule has 0 saturated heterocycles. The van der Waals surface area contributed by atoms with Crippen molar-refractivity contribution < 1.29 is 0 Å². The van der Waals surface area contributed by atoms with E-state index < -0.39 is 0 Å². The molecule has 3 nitrogen and oxygen atoms in total. The zero-order valence-electron chi connectivity index (χ0n) is 10.8. The van der Waals surface area contributed by atoms with Gasteiger partial charge in [-0.2, -0.15) is 5.10 Å². The maximum Gasteiger partial charge on any atom is 0.0524 e. The van der Waals surface area contributed by atoms with Gasteiger partial charge in [0.2, 0.25) is 0 Å². The molecule has 90 valence electrons. The maximum atomic E-state index is 4.29. The van der Waals surface area contributed by atoms with E-state index in [0.29, 0.717) is 17.4 Å². The van der Waals surface area contributed by atoms with Gasteiger partial charge in [-0.15, -0.1) is 0 Å². The van der Waals surface area contributed by atoms with Gasteiger partial charge in [0, 0.05) is 19.3 Å². The summed E-state index contributed by atoms with van der Waals surface area (Å²) in [5.41, 5.74) is 1.81. The van der Waals surface area contributed by atoms with Crippen LogP contribution < -0.4 is 5.32 Å². The average molecular weight is 221 g/mol. The van der Waals surface area contributed by atoms with Crippen molar-refractivity contribution in [3.05, 3.63) is 18.0 Å². The first-order valence-corrected chi connectivity index (χ1v) is 6.33. The van der Waals surface area contributed by atoms with Crippen LogP contribution in [0.3, 0.4) is 0 Å².